The fourth-order valence-corrected chi connectivity index (χ4v) is 2.17. The SMILES string of the molecule is CCC(C)OC(=O)CN1C(=O)COc2c(OC)cc(C=O)cc21. The third-order valence-electron chi connectivity index (χ3n) is 3.54. The minimum atomic E-state index is -0.518. The van der Waals surface area contributed by atoms with Crippen LogP contribution in [0.15, 0.2) is 12.1 Å². The second-order valence-corrected chi connectivity index (χ2v) is 5.17. The summed E-state index contributed by atoms with van der Waals surface area (Å²) in [5, 5.41) is 0. The average Bonchev–Trinajstić information content (AvgIpc) is 2.56. The highest BCUT2D eigenvalue weighted by Crippen LogP contribution is 2.41. The van der Waals surface area contributed by atoms with Gasteiger partial charge in [0.2, 0.25) is 0 Å². The van der Waals surface area contributed by atoms with Gasteiger partial charge in [0, 0.05) is 5.56 Å². The molecular formula is C16H19NO6. The number of hydrogen-bond acceptors (Lipinski definition) is 6. The van der Waals surface area contributed by atoms with Crippen LogP contribution < -0.4 is 14.4 Å². The Hall–Kier alpha value is -2.57. The smallest absolute Gasteiger partial charge is 0.326 e. The number of benzene rings is 1. The van der Waals surface area contributed by atoms with Crippen LogP contribution in [0.2, 0.25) is 0 Å². The summed E-state index contributed by atoms with van der Waals surface area (Å²) in [7, 11) is 1.44. The Morgan fingerprint density at radius 2 is 2.22 bits per heavy atom. The summed E-state index contributed by atoms with van der Waals surface area (Å²) in [6.07, 6.45) is 1.09. The number of anilines is 1. The molecule has 2 rings (SSSR count). The van der Waals surface area contributed by atoms with E-state index in [0.717, 1.165) is 0 Å². The number of aldehydes is 1. The second-order valence-electron chi connectivity index (χ2n) is 5.17. The van der Waals surface area contributed by atoms with E-state index in [1.165, 1.54) is 24.1 Å². The van der Waals surface area contributed by atoms with Gasteiger partial charge in [-0.15, -0.1) is 0 Å². The number of methoxy groups -OCH3 is 1. The maximum Gasteiger partial charge on any atom is 0.326 e. The van der Waals surface area contributed by atoms with Crippen LogP contribution in [0.1, 0.15) is 30.6 Å². The molecule has 1 aromatic rings. The molecule has 23 heavy (non-hydrogen) atoms. The molecule has 1 atom stereocenters. The molecule has 0 aliphatic carbocycles. The van der Waals surface area contributed by atoms with Crippen molar-refractivity contribution in [2.24, 2.45) is 0 Å². The van der Waals surface area contributed by atoms with Gasteiger partial charge in [0.25, 0.3) is 5.91 Å². The molecule has 1 unspecified atom stereocenters. The quantitative estimate of drug-likeness (QED) is 0.584. The Labute approximate surface area is 134 Å². The fourth-order valence-electron chi connectivity index (χ4n) is 2.17. The summed E-state index contributed by atoms with van der Waals surface area (Å²) in [5.41, 5.74) is 0.642. The van der Waals surface area contributed by atoms with Crippen LogP contribution in [-0.2, 0) is 14.3 Å². The molecule has 1 aliphatic heterocycles. The fraction of sp³-hybridized carbons (Fsp3) is 0.438. The summed E-state index contributed by atoms with van der Waals surface area (Å²) in [4.78, 5) is 36.4. The van der Waals surface area contributed by atoms with Crippen LogP contribution in [0.25, 0.3) is 0 Å². The standard InChI is InChI=1S/C16H19NO6/c1-4-10(2)23-15(20)7-17-12-5-11(8-18)6-13(21-3)16(12)22-9-14(17)19/h5-6,8,10H,4,7,9H2,1-3H3. The zero-order valence-electron chi connectivity index (χ0n) is 13.3. The van der Waals surface area contributed by atoms with Crippen molar-refractivity contribution < 1.29 is 28.6 Å². The normalized spacial score (nSPS) is 14.6. The molecule has 124 valence electrons. The van der Waals surface area contributed by atoms with E-state index in [4.69, 9.17) is 14.2 Å². The van der Waals surface area contributed by atoms with Gasteiger partial charge in [-0.25, -0.2) is 0 Å². The van der Waals surface area contributed by atoms with E-state index in [1.54, 1.807) is 6.92 Å². The van der Waals surface area contributed by atoms with E-state index in [9.17, 15) is 14.4 Å². The first-order valence-corrected chi connectivity index (χ1v) is 7.30. The predicted molar refractivity (Wildman–Crippen MR) is 82.1 cm³/mol. The third kappa shape index (κ3) is 3.61. The number of amides is 1. The first-order valence-electron chi connectivity index (χ1n) is 7.30. The van der Waals surface area contributed by atoms with Crippen molar-refractivity contribution in [2.45, 2.75) is 26.4 Å². The van der Waals surface area contributed by atoms with Crippen LogP contribution in [0, 0.1) is 0 Å². The van der Waals surface area contributed by atoms with Crippen LogP contribution in [-0.4, -0.2) is 44.5 Å². The highest BCUT2D eigenvalue weighted by molar-refractivity contribution is 6.02. The van der Waals surface area contributed by atoms with E-state index in [0.29, 0.717) is 35.5 Å². The number of rotatable bonds is 6. The third-order valence-corrected chi connectivity index (χ3v) is 3.54. The molecule has 0 saturated carbocycles. The van der Waals surface area contributed by atoms with Crippen LogP contribution in [0.4, 0.5) is 5.69 Å². The second kappa shape index (κ2) is 7.13. The highest BCUT2D eigenvalue weighted by Gasteiger charge is 2.31. The van der Waals surface area contributed by atoms with Gasteiger partial charge in [-0.1, -0.05) is 6.92 Å². The maximum atomic E-state index is 12.1. The number of carbonyl (C=O) groups is 3. The Kier molecular flexibility index (Phi) is 5.20. The van der Waals surface area contributed by atoms with Crippen molar-refractivity contribution >= 4 is 23.9 Å². The Morgan fingerprint density at radius 1 is 1.48 bits per heavy atom. The lowest BCUT2D eigenvalue weighted by atomic mass is 10.1. The van der Waals surface area contributed by atoms with Crippen molar-refractivity contribution in [1.82, 2.24) is 0 Å². The van der Waals surface area contributed by atoms with Crippen molar-refractivity contribution in [3.8, 4) is 11.5 Å². The van der Waals surface area contributed by atoms with E-state index in [-0.39, 0.29) is 25.2 Å². The van der Waals surface area contributed by atoms with Crippen LogP contribution in [0.5, 0.6) is 11.5 Å². The molecule has 0 N–H and O–H groups in total. The highest BCUT2D eigenvalue weighted by atomic mass is 16.5. The molecule has 7 nitrogen and oxygen atoms in total. The molecule has 0 fully saturated rings. The summed E-state index contributed by atoms with van der Waals surface area (Å²) >= 11 is 0. The van der Waals surface area contributed by atoms with E-state index in [1.807, 2.05) is 6.92 Å². The lowest BCUT2D eigenvalue weighted by molar-refractivity contribution is -0.147. The Balaban J connectivity index is 2.33. The van der Waals surface area contributed by atoms with Crippen LogP contribution >= 0.6 is 0 Å². The molecule has 0 aromatic heterocycles. The van der Waals surface area contributed by atoms with E-state index < -0.39 is 5.97 Å². The van der Waals surface area contributed by atoms with Gasteiger partial charge in [0.05, 0.1) is 18.9 Å². The van der Waals surface area contributed by atoms with Crippen LogP contribution in [0.3, 0.4) is 0 Å². The molecule has 0 bridgehead atoms. The zero-order valence-corrected chi connectivity index (χ0v) is 13.3. The molecule has 0 saturated heterocycles. The maximum absolute atomic E-state index is 12.1. The minimum Gasteiger partial charge on any atom is -0.493 e. The van der Waals surface area contributed by atoms with E-state index >= 15 is 0 Å². The van der Waals surface area contributed by atoms with Gasteiger partial charge in [-0.3, -0.25) is 19.3 Å². The Bertz CT molecular complexity index is 627. The van der Waals surface area contributed by atoms with Gasteiger partial charge in [0.1, 0.15) is 12.8 Å². The summed E-state index contributed by atoms with van der Waals surface area (Å²) in [5.74, 6) is -0.244. The number of ether oxygens (including phenoxy) is 3. The predicted octanol–water partition coefficient (Wildman–Crippen LogP) is 1.57. The monoisotopic (exact) mass is 321 g/mol. The van der Waals surface area contributed by atoms with Crippen molar-refractivity contribution in [3.05, 3.63) is 17.7 Å². The zero-order chi connectivity index (χ0) is 17.0. The molecule has 0 radical (unpaired) electrons. The number of carbonyl (C=O) groups excluding carboxylic acids is 3. The largest absolute Gasteiger partial charge is 0.493 e. The lowest BCUT2D eigenvalue weighted by Gasteiger charge is -2.30. The summed E-state index contributed by atoms with van der Waals surface area (Å²) < 4.78 is 15.8. The van der Waals surface area contributed by atoms with Gasteiger partial charge < -0.3 is 14.2 Å². The molecule has 0 spiro atoms. The number of fused-ring (bicyclic) bond motifs is 1. The van der Waals surface area contributed by atoms with Gasteiger partial charge in [-0.05, 0) is 25.5 Å². The Morgan fingerprint density at radius 3 is 2.83 bits per heavy atom. The molecule has 1 heterocycles. The topological polar surface area (TPSA) is 82.1 Å². The first kappa shape index (κ1) is 16.8. The number of esters is 1. The summed E-state index contributed by atoms with van der Waals surface area (Å²) in [6.45, 7) is 3.22. The van der Waals surface area contributed by atoms with Gasteiger partial charge in [-0.2, -0.15) is 0 Å². The molecular weight excluding hydrogens is 302 g/mol. The van der Waals surface area contributed by atoms with Gasteiger partial charge >= 0.3 is 5.97 Å². The summed E-state index contributed by atoms with van der Waals surface area (Å²) in [6, 6.07) is 3.00. The van der Waals surface area contributed by atoms with Crippen molar-refractivity contribution in [2.75, 3.05) is 25.2 Å². The molecule has 7 heteroatoms. The lowest BCUT2D eigenvalue weighted by Crippen LogP contribution is -2.43. The molecule has 1 aliphatic rings. The first-order chi connectivity index (χ1) is 11.0. The minimum absolute atomic E-state index is 0.208. The molecule has 1 amide bonds. The molecule has 1 aromatic carbocycles. The van der Waals surface area contributed by atoms with Gasteiger partial charge in [0.15, 0.2) is 18.1 Å². The number of nitrogens with zero attached hydrogens (tertiary/aromatic N) is 1. The number of hydrogen-bond donors (Lipinski definition) is 0. The average molecular weight is 321 g/mol. The van der Waals surface area contributed by atoms with E-state index in [2.05, 4.69) is 0 Å². The van der Waals surface area contributed by atoms with Crippen molar-refractivity contribution in [1.29, 1.82) is 0 Å². The van der Waals surface area contributed by atoms with Crippen molar-refractivity contribution in [3.63, 3.8) is 0 Å².